The lowest BCUT2D eigenvalue weighted by Gasteiger charge is -2.16. The van der Waals surface area contributed by atoms with Gasteiger partial charge in [0.05, 0.1) is 16.7 Å². The number of nitrogens with one attached hydrogen (secondary N) is 1. The molecule has 0 spiro atoms. The summed E-state index contributed by atoms with van der Waals surface area (Å²) in [6, 6.07) is 4.26. The van der Waals surface area contributed by atoms with E-state index in [2.05, 4.69) is 10.4 Å². The van der Waals surface area contributed by atoms with Gasteiger partial charge in [-0.25, -0.2) is 9.37 Å². The molecule has 6 heteroatoms. The van der Waals surface area contributed by atoms with Crippen LogP contribution in [-0.2, 0) is 6.42 Å². The zero-order chi connectivity index (χ0) is 13.1. The SMILES string of the molecule is Cc1nc(CC(NN)c2ccc(Cl)cc2F)cs1. The Morgan fingerprint density at radius 2 is 2.33 bits per heavy atom. The number of thiazole rings is 1. The van der Waals surface area contributed by atoms with Crippen LogP contribution >= 0.6 is 22.9 Å². The van der Waals surface area contributed by atoms with Gasteiger partial charge in [-0.1, -0.05) is 17.7 Å². The molecule has 0 bridgehead atoms. The summed E-state index contributed by atoms with van der Waals surface area (Å²) < 4.78 is 13.8. The van der Waals surface area contributed by atoms with E-state index >= 15 is 0 Å². The van der Waals surface area contributed by atoms with E-state index in [9.17, 15) is 4.39 Å². The second-order valence-corrected chi connectivity index (χ2v) is 5.45. The van der Waals surface area contributed by atoms with Crippen LogP contribution in [-0.4, -0.2) is 4.98 Å². The number of halogens is 2. The van der Waals surface area contributed by atoms with E-state index in [1.807, 2.05) is 12.3 Å². The molecule has 1 heterocycles. The van der Waals surface area contributed by atoms with Crippen molar-refractivity contribution in [2.45, 2.75) is 19.4 Å². The van der Waals surface area contributed by atoms with Gasteiger partial charge < -0.3 is 0 Å². The van der Waals surface area contributed by atoms with Crippen LogP contribution in [0.3, 0.4) is 0 Å². The number of aryl methyl sites for hydroxylation is 1. The van der Waals surface area contributed by atoms with Crippen molar-refractivity contribution in [1.82, 2.24) is 10.4 Å². The van der Waals surface area contributed by atoms with Gasteiger partial charge in [-0.05, 0) is 19.1 Å². The lowest BCUT2D eigenvalue weighted by Crippen LogP contribution is -2.30. The van der Waals surface area contributed by atoms with Crippen LogP contribution in [0, 0.1) is 12.7 Å². The van der Waals surface area contributed by atoms with Crippen molar-refractivity contribution in [2.24, 2.45) is 5.84 Å². The molecule has 1 aromatic heterocycles. The monoisotopic (exact) mass is 285 g/mol. The summed E-state index contributed by atoms with van der Waals surface area (Å²) in [5.74, 6) is 5.13. The maximum absolute atomic E-state index is 13.8. The minimum atomic E-state index is -0.364. The average Bonchev–Trinajstić information content (AvgIpc) is 2.72. The highest BCUT2D eigenvalue weighted by molar-refractivity contribution is 7.09. The molecule has 0 aliphatic rings. The van der Waals surface area contributed by atoms with Crippen molar-refractivity contribution in [1.29, 1.82) is 0 Å². The predicted molar refractivity (Wildman–Crippen MR) is 72.0 cm³/mol. The van der Waals surface area contributed by atoms with E-state index in [4.69, 9.17) is 17.4 Å². The lowest BCUT2D eigenvalue weighted by atomic mass is 10.0. The van der Waals surface area contributed by atoms with E-state index in [1.54, 1.807) is 23.5 Å². The minimum absolute atomic E-state index is 0.316. The molecule has 96 valence electrons. The van der Waals surface area contributed by atoms with E-state index in [0.717, 1.165) is 10.7 Å². The zero-order valence-corrected chi connectivity index (χ0v) is 11.4. The second kappa shape index (κ2) is 5.75. The van der Waals surface area contributed by atoms with E-state index in [-0.39, 0.29) is 11.9 Å². The highest BCUT2D eigenvalue weighted by Gasteiger charge is 2.16. The molecule has 3 nitrogen and oxygen atoms in total. The van der Waals surface area contributed by atoms with Crippen molar-refractivity contribution in [3.63, 3.8) is 0 Å². The lowest BCUT2D eigenvalue weighted by molar-refractivity contribution is 0.507. The molecule has 0 saturated heterocycles. The fourth-order valence-corrected chi connectivity index (χ4v) is 2.54. The number of rotatable bonds is 4. The van der Waals surface area contributed by atoms with Gasteiger partial charge in [0.15, 0.2) is 0 Å². The first-order chi connectivity index (χ1) is 8.60. The number of nitrogens with two attached hydrogens (primary N) is 1. The van der Waals surface area contributed by atoms with Gasteiger partial charge in [0.2, 0.25) is 0 Å². The van der Waals surface area contributed by atoms with Crippen LogP contribution in [0.25, 0.3) is 0 Å². The number of nitrogens with zero attached hydrogens (tertiary/aromatic N) is 1. The van der Waals surface area contributed by atoms with Gasteiger partial charge in [0, 0.05) is 22.4 Å². The van der Waals surface area contributed by atoms with Gasteiger partial charge in [0.25, 0.3) is 0 Å². The van der Waals surface area contributed by atoms with Crippen molar-refractivity contribution >= 4 is 22.9 Å². The summed E-state index contributed by atoms with van der Waals surface area (Å²) in [7, 11) is 0. The molecule has 2 rings (SSSR count). The topological polar surface area (TPSA) is 50.9 Å². The van der Waals surface area contributed by atoms with Crippen LogP contribution < -0.4 is 11.3 Å². The maximum Gasteiger partial charge on any atom is 0.129 e. The Kier molecular flexibility index (Phi) is 4.29. The van der Waals surface area contributed by atoms with E-state index in [0.29, 0.717) is 17.0 Å². The Morgan fingerprint density at radius 1 is 1.56 bits per heavy atom. The van der Waals surface area contributed by atoms with Gasteiger partial charge in [-0.3, -0.25) is 11.3 Å². The van der Waals surface area contributed by atoms with Crippen molar-refractivity contribution in [2.75, 3.05) is 0 Å². The summed E-state index contributed by atoms with van der Waals surface area (Å²) in [5, 5.41) is 3.31. The molecule has 0 saturated carbocycles. The summed E-state index contributed by atoms with van der Waals surface area (Å²) in [4.78, 5) is 4.35. The van der Waals surface area contributed by atoms with Crippen LogP contribution in [0.2, 0.25) is 5.02 Å². The van der Waals surface area contributed by atoms with Gasteiger partial charge in [-0.2, -0.15) is 0 Å². The molecule has 0 radical (unpaired) electrons. The molecule has 3 N–H and O–H groups in total. The number of hydrazine groups is 1. The molecular formula is C12H13ClFN3S. The molecule has 1 unspecified atom stereocenters. The Morgan fingerprint density at radius 3 is 2.89 bits per heavy atom. The fraction of sp³-hybridized carbons (Fsp3) is 0.250. The van der Waals surface area contributed by atoms with Crippen LogP contribution in [0.4, 0.5) is 4.39 Å². The minimum Gasteiger partial charge on any atom is -0.271 e. The van der Waals surface area contributed by atoms with Crippen molar-refractivity contribution in [3.8, 4) is 0 Å². The summed E-state index contributed by atoms with van der Waals surface area (Å²) in [6.45, 7) is 1.93. The highest BCUT2D eigenvalue weighted by Crippen LogP contribution is 2.23. The Hall–Kier alpha value is -1.01. The molecule has 2 aromatic rings. The molecule has 0 amide bonds. The van der Waals surface area contributed by atoms with E-state index in [1.165, 1.54) is 6.07 Å². The molecule has 0 fully saturated rings. The van der Waals surface area contributed by atoms with Gasteiger partial charge >= 0.3 is 0 Å². The molecule has 18 heavy (non-hydrogen) atoms. The number of hydrogen-bond acceptors (Lipinski definition) is 4. The second-order valence-electron chi connectivity index (χ2n) is 3.95. The first kappa shape index (κ1) is 13.4. The maximum atomic E-state index is 13.8. The zero-order valence-electron chi connectivity index (χ0n) is 9.78. The quantitative estimate of drug-likeness (QED) is 0.671. The predicted octanol–water partition coefficient (Wildman–Crippen LogP) is 2.99. The third-order valence-corrected chi connectivity index (χ3v) is 3.68. The van der Waals surface area contributed by atoms with Gasteiger partial charge in [-0.15, -0.1) is 11.3 Å². The Balaban J connectivity index is 2.22. The van der Waals surface area contributed by atoms with Crippen molar-refractivity contribution in [3.05, 3.63) is 50.7 Å². The molecule has 1 atom stereocenters. The van der Waals surface area contributed by atoms with Crippen LogP contribution in [0.1, 0.15) is 22.3 Å². The van der Waals surface area contributed by atoms with E-state index < -0.39 is 0 Å². The summed E-state index contributed by atoms with van der Waals surface area (Å²) in [6.07, 6.45) is 0.541. The third kappa shape index (κ3) is 3.05. The molecule has 0 aliphatic heterocycles. The smallest absolute Gasteiger partial charge is 0.129 e. The van der Waals surface area contributed by atoms with Crippen molar-refractivity contribution < 1.29 is 4.39 Å². The standard InChI is InChI=1S/C12H13ClFN3S/c1-7-16-9(6-18-7)5-12(17-15)10-3-2-8(13)4-11(10)14/h2-4,6,12,17H,5,15H2,1H3. The fourth-order valence-electron chi connectivity index (χ4n) is 1.75. The Labute approximate surface area is 114 Å². The number of benzene rings is 1. The molecule has 0 aliphatic carbocycles. The highest BCUT2D eigenvalue weighted by atomic mass is 35.5. The molecular weight excluding hydrogens is 273 g/mol. The van der Waals surface area contributed by atoms with Crippen LogP contribution in [0.15, 0.2) is 23.6 Å². The first-order valence-corrected chi connectivity index (χ1v) is 6.68. The number of hydrogen-bond donors (Lipinski definition) is 2. The number of aromatic nitrogens is 1. The largest absolute Gasteiger partial charge is 0.271 e. The third-order valence-electron chi connectivity index (χ3n) is 2.62. The summed E-state index contributed by atoms with van der Waals surface area (Å²) in [5.41, 5.74) is 4.01. The average molecular weight is 286 g/mol. The normalized spacial score (nSPS) is 12.7. The molecule has 1 aromatic carbocycles. The first-order valence-electron chi connectivity index (χ1n) is 5.42. The van der Waals surface area contributed by atoms with Gasteiger partial charge in [0.1, 0.15) is 5.82 Å². The Bertz CT molecular complexity index is 544. The van der Waals surface area contributed by atoms with Crippen LogP contribution in [0.5, 0.6) is 0 Å². The summed E-state index contributed by atoms with van der Waals surface area (Å²) >= 11 is 7.29.